The summed E-state index contributed by atoms with van der Waals surface area (Å²) in [7, 11) is -0.742. The van der Waals surface area contributed by atoms with Crippen LogP contribution < -0.4 is 10.2 Å². The molecule has 1 N–H and O–H groups in total. The molecule has 0 spiro atoms. The molecule has 2 rings (SSSR count). The maximum Gasteiger partial charge on any atom is 0.146 e. The molecule has 19 heavy (non-hydrogen) atoms. The van der Waals surface area contributed by atoms with E-state index in [9.17, 15) is 8.60 Å². The molecule has 1 aromatic rings. The van der Waals surface area contributed by atoms with Gasteiger partial charge in [-0.05, 0) is 25.1 Å². The highest BCUT2D eigenvalue weighted by molar-refractivity contribution is 7.85. The third kappa shape index (κ3) is 3.34. The largest absolute Gasteiger partial charge is 0.367 e. The number of nitrogens with one attached hydrogen (secondary N) is 1. The fourth-order valence-corrected chi connectivity index (χ4v) is 3.54. The Labute approximate surface area is 116 Å². The van der Waals surface area contributed by atoms with Crippen molar-refractivity contribution >= 4 is 16.5 Å². The summed E-state index contributed by atoms with van der Waals surface area (Å²) in [5.41, 5.74) is 1.65. The smallest absolute Gasteiger partial charge is 0.146 e. The van der Waals surface area contributed by atoms with Crippen molar-refractivity contribution < 1.29 is 8.60 Å². The Balaban J connectivity index is 2.29. The zero-order valence-electron chi connectivity index (χ0n) is 11.5. The monoisotopic (exact) mass is 284 g/mol. The van der Waals surface area contributed by atoms with Crippen LogP contribution in [-0.2, 0) is 10.8 Å². The van der Waals surface area contributed by atoms with Crippen LogP contribution in [-0.4, -0.2) is 35.3 Å². The minimum Gasteiger partial charge on any atom is -0.367 e. The van der Waals surface area contributed by atoms with Crippen molar-refractivity contribution in [2.24, 2.45) is 0 Å². The van der Waals surface area contributed by atoms with E-state index in [2.05, 4.69) is 5.32 Å². The van der Waals surface area contributed by atoms with Crippen molar-refractivity contribution in [3.63, 3.8) is 0 Å². The van der Waals surface area contributed by atoms with Crippen LogP contribution in [0.15, 0.2) is 18.2 Å². The van der Waals surface area contributed by atoms with Gasteiger partial charge in [-0.2, -0.15) is 0 Å². The average Bonchev–Trinajstić information content (AvgIpc) is 2.40. The number of para-hydroxylation sites is 1. The molecule has 0 bridgehead atoms. The zero-order chi connectivity index (χ0) is 13.8. The summed E-state index contributed by atoms with van der Waals surface area (Å²) < 4.78 is 25.6. The van der Waals surface area contributed by atoms with Crippen LogP contribution in [0.25, 0.3) is 0 Å². The molecule has 1 aliphatic rings. The summed E-state index contributed by atoms with van der Waals surface area (Å²) in [5, 5.41) is 3.32. The van der Waals surface area contributed by atoms with Gasteiger partial charge in [-0.25, -0.2) is 4.39 Å². The number of hydrogen-bond acceptors (Lipinski definition) is 3. The molecule has 0 radical (unpaired) electrons. The normalized spacial score (nSPS) is 18.6. The first-order chi connectivity index (χ1) is 9.13. The molecule has 1 unspecified atom stereocenters. The molecular weight excluding hydrogens is 263 g/mol. The Bertz CT molecular complexity index is 457. The van der Waals surface area contributed by atoms with E-state index in [0.29, 0.717) is 30.3 Å². The maximum atomic E-state index is 14.2. The lowest BCUT2D eigenvalue weighted by atomic mass is 10.0. The molecule has 5 heteroatoms. The Kier molecular flexibility index (Phi) is 4.93. The number of rotatable bonds is 4. The second-order valence-corrected chi connectivity index (χ2v) is 6.49. The summed E-state index contributed by atoms with van der Waals surface area (Å²) in [5.74, 6) is 1.07. The van der Waals surface area contributed by atoms with Gasteiger partial charge in [-0.15, -0.1) is 0 Å². The fourth-order valence-electron chi connectivity index (χ4n) is 2.49. The van der Waals surface area contributed by atoms with Gasteiger partial charge in [0.1, 0.15) is 5.82 Å². The van der Waals surface area contributed by atoms with E-state index in [4.69, 9.17) is 0 Å². The highest BCUT2D eigenvalue weighted by atomic mass is 32.2. The van der Waals surface area contributed by atoms with E-state index in [-0.39, 0.29) is 11.9 Å². The van der Waals surface area contributed by atoms with Gasteiger partial charge in [0.05, 0.1) is 5.69 Å². The van der Waals surface area contributed by atoms with Crippen LogP contribution in [0.4, 0.5) is 10.1 Å². The number of hydrogen-bond donors (Lipinski definition) is 1. The van der Waals surface area contributed by atoms with Gasteiger partial charge in [0.2, 0.25) is 0 Å². The highest BCUT2D eigenvalue weighted by Gasteiger charge is 2.22. The molecule has 1 saturated heterocycles. The fraction of sp³-hybridized carbons (Fsp3) is 0.571. The first-order valence-corrected chi connectivity index (χ1v) is 8.24. The molecule has 0 saturated carbocycles. The minimum absolute atomic E-state index is 0.114. The molecule has 1 heterocycles. The second kappa shape index (κ2) is 6.48. The van der Waals surface area contributed by atoms with Crippen molar-refractivity contribution in [2.45, 2.75) is 19.9 Å². The summed E-state index contributed by atoms with van der Waals surface area (Å²) in [4.78, 5) is 2.03. The van der Waals surface area contributed by atoms with Crippen molar-refractivity contribution in [1.29, 1.82) is 0 Å². The molecule has 1 atom stereocenters. The zero-order valence-corrected chi connectivity index (χ0v) is 12.3. The third-order valence-electron chi connectivity index (χ3n) is 3.49. The number of benzene rings is 1. The number of nitrogens with zero attached hydrogens (tertiary/aromatic N) is 1. The van der Waals surface area contributed by atoms with Gasteiger partial charge in [0.15, 0.2) is 0 Å². The van der Waals surface area contributed by atoms with Crippen LogP contribution in [0.2, 0.25) is 0 Å². The molecule has 106 valence electrons. The second-order valence-electron chi connectivity index (χ2n) is 4.79. The lowest BCUT2D eigenvalue weighted by Gasteiger charge is -2.32. The maximum absolute atomic E-state index is 14.2. The van der Waals surface area contributed by atoms with Gasteiger partial charge in [0.25, 0.3) is 0 Å². The van der Waals surface area contributed by atoms with Gasteiger partial charge >= 0.3 is 0 Å². The lowest BCUT2D eigenvalue weighted by Crippen LogP contribution is -2.39. The topological polar surface area (TPSA) is 32.3 Å². The van der Waals surface area contributed by atoms with Crippen LogP contribution in [0.5, 0.6) is 0 Å². The van der Waals surface area contributed by atoms with Gasteiger partial charge in [0, 0.05) is 41.4 Å². The number of anilines is 1. The van der Waals surface area contributed by atoms with E-state index in [1.54, 1.807) is 6.07 Å². The molecule has 0 aliphatic carbocycles. The predicted octanol–water partition coefficient (Wildman–Crippen LogP) is 2.06. The SMILES string of the molecule is CCNC(C)c1cccc(F)c1N1CCS(=O)CC1. The van der Waals surface area contributed by atoms with Crippen molar-refractivity contribution in [1.82, 2.24) is 5.32 Å². The quantitative estimate of drug-likeness (QED) is 0.918. The molecular formula is C14H21FN2OS. The van der Waals surface area contributed by atoms with E-state index in [0.717, 1.165) is 12.1 Å². The van der Waals surface area contributed by atoms with Crippen LogP contribution in [0, 0.1) is 5.82 Å². The third-order valence-corrected chi connectivity index (χ3v) is 4.76. The van der Waals surface area contributed by atoms with Crippen molar-refractivity contribution in [3.8, 4) is 0 Å². The Morgan fingerprint density at radius 2 is 2.11 bits per heavy atom. The van der Waals surface area contributed by atoms with Gasteiger partial charge in [-0.1, -0.05) is 19.1 Å². The standard InChI is InChI=1S/C14H21FN2OS/c1-3-16-11(2)12-5-4-6-13(15)14(12)17-7-9-19(18)10-8-17/h4-6,11,16H,3,7-10H2,1-2H3. The Hall–Kier alpha value is -0.940. The molecule has 0 aromatic heterocycles. The first kappa shape index (κ1) is 14.5. The van der Waals surface area contributed by atoms with Crippen LogP contribution in [0.1, 0.15) is 25.5 Å². The summed E-state index contributed by atoms with van der Waals surface area (Å²) in [6.07, 6.45) is 0. The molecule has 1 aliphatic heterocycles. The minimum atomic E-state index is -0.742. The van der Waals surface area contributed by atoms with Crippen molar-refractivity contribution in [2.75, 3.05) is 36.0 Å². The van der Waals surface area contributed by atoms with E-state index >= 15 is 0 Å². The Morgan fingerprint density at radius 1 is 1.42 bits per heavy atom. The molecule has 1 aromatic carbocycles. The summed E-state index contributed by atoms with van der Waals surface area (Å²) in [6, 6.07) is 5.34. The first-order valence-electron chi connectivity index (χ1n) is 6.75. The van der Waals surface area contributed by atoms with Gasteiger partial charge in [-0.3, -0.25) is 4.21 Å². The van der Waals surface area contributed by atoms with E-state index in [1.807, 2.05) is 24.8 Å². The van der Waals surface area contributed by atoms with E-state index in [1.165, 1.54) is 6.07 Å². The Morgan fingerprint density at radius 3 is 2.74 bits per heavy atom. The average molecular weight is 284 g/mol. The van der Waals surface area contributed by atoms with E-state index < -0.39 is 10.8 Å². The van der Waals surface area contributed by atoms with Gasteiger partial charge < -0.3 is 10.2 Å². The lowest BCUT2D eigenvalue weighted by molar-refractivity contribution is 0.577. The molecule has 3 nitrogen and oxygen atoms in total. The molecule has 0 amide bonds. The highest BCUT2D eigenvalue weighted by Crippen LogP contribution is 2.30. The van der Waals surface area contributed by atoms with Crippen LogP contribution >= 0.6 is 0 Å². The predicted molar refractivity (Wildman–Crippen MR) is 78.6 cm³/mol. The van der Waals surface area contributed by atoms with Crippen LogP contribution in [0.3, 0.4) is 0 Å². The molecule has 1 fully saturated rings. The summed E-state index contributed by atoms with van der Waals surface area (Å²) >= 11 is 0. The number of halogens is 1. The van der Waals surface area contributed by atoms with Crippen molar-refractivity contribution in [3.05, 3.63) is 29.6 Å². The summed E-state index contributed by atoms with van der Waals surface area (Å²) in [6.45, 7) is 6.27.